The molecule has 0 heterocycles. The first-order valence-corrected chi connectivity index (χ1v) is 14.3. The number of carboxylic acids is 1. The van der Waals surface area contributed by atoms with Gasteiger partial charge in [0.05, 0.1) is 6.42 Å². The van der Waals surface area contributed by atoms with E-state index >= 15 is 0 Å². The van der Waals surface area contributed by atoms with Crippen molar-refractivity contribution in [2.75, 3.05) is 0 Å². The van der Waals surface area contributed by atoms with Gasteiger partial charge in [-0.05, 0) is 62.1 Å². The van der Waals surface area contributed by atoms with E-state index in [0.29, 0.717) is 12.8 Å². The van der Waals surface area contributed by atoms with Crippen LogP contribution < -0.4 is 16.0 Å². The van der Waals surface area contributed by atoms with Crippen LogP contribution in [0.4, 0.5) is 4.79 Å². The number of carbonyl (C=O) groups excluding carboxylic acids is 4. The van der Waals surface area contributed by atoms with Crippen molar-refractivity contribution in [1.29, 1.82) is 0 Å². The first kappa shape index (κ1) is 33.1. The van der Waals surface area contributed by atoms with Gasteiger partial charge in [0.1, 0.15) is 30.3 Å². The minimum Gasteiger partial charge on any atom is -0.480 e. The Bertz CT molecular complexity index is 1280. The van der Waals surface area contributed by atoms with Crippen LogP contribution >= 0.6 is 0 Å². The molecule has 0 aliphatic heterocycles. The molecule has 1 unspecified atom stereocenters. The number of aliphatic carboxylic acids is 1. The molecule has 0 saturated carbocycles. The van der Waals surface area contributed by atoms with E-state index in [1.807, 2.05) is 30.3 Å². The van der Waals surface area contributed by atoms with Crippen molar-refractivity contribution in [3.8, 4) is 0 Å². The van der Waals surface area contributed by atoms with Crippen molar-refractivity contribution in [2.45, 2.75) is 84.2 Å². The largest absolute Gasteiger partial charge is 0.480 e. The van der Waals surface area contributed by atoms with E-state index in [1.54, 1.807) is 58.9 Å². The molecule has 43 heavy (non-hydrogen) atoms. The summed E-state index contributed by atoms with van der Waals surface area (Å²) in [6, 6.07) is 12.8. The number of rotatable bonds is 12. The quantitative estimate of drug-likeness (QED) is 0.272. The molecule has 0 bridgehead atoms. The molecule has 0 fully saturated rings. The summed E-state index contributed by atoms with van der Waals surface area (Å²) in [5, 5.41) is 17.4. The second-order valence-electron chi connectivity index (χ2n) is 12.0. The minimum absolute atomic E-state index is 0.0649. The minimum atomic E-state index is -1.43. The highest BCUT2D eigenvalue weighted by atomic mass is 16.6. The summed E-state index contributed by atoms with van der Waals surface area (Å²) < 4.78 is 10.6. The zero-order valence-electron chi connectivity index (χ0n) is 25.2. The maximum atomic E-state index is 13.7. The smallest absolute Gasteiger partial charge is 0.408 e. The molecule has 2 aromatic carbocycles. The van der Waals surface area contributed by atoms with Crippen LogP contribution in [-0.2, 0) is 48.1 Å². The van der Waals surface area contributed by atoms with Crippen LogP contribution in [-0.4, -0.2) is 58.7 Å². The maximum Gasteiger partial charge on any atom is 0.408 e. The fraction of sp³-hybridized carbons (Fsp3) is 0.469. The summed E-state index contributed by atoms with van der Waals surface area (Å²) in [6.45, 7) is 8.29. The van der Waals surface area contributed by atoms with Crippen molar-refractivity contribution < 1.29 is 38.6 Å². The number of fused-ring (bicyclic) bond motifs is 1. The average molecular weight is 596 g/mol. The number of carboxylic acid groups (broad SMARTS) is 1. The van der Waals surface area contributed by atoms with Gasteiger partial charge in [-0.15, -0.1) is 0 Å². The van der Waals surface area contributed by atoms with Crippen LogP contribution in [0.1, 0.15) is 57.7 Å². The highest BCUT2D eigenvalue weighted by molar-refractivity contribution is 5.94. The van der Waals surface area contributed by atoms with Crippen molar-refractivity contribution in [2.24, 2.45) is 11.8 Å². The molecule has 2 aromatic rings. The summed E-state index contributed by atoms with van der Waals surface area (Å²) in [7, 11) is 0. The van der Waals surface area contributed by atoms with E-state index in [9.17, 15) is 29.1 Å². The van der Waals surface area contributed by atoms with Crippen molar-refractivity contribution >= 4 is 29.8 Å². The summed E-state index contributed by atoms with van der Waals surface area (Å²) in [5.41, 5.74) is 1.92. The summed E-state index contributed by atoms with van der Waals surface area (Å²) >= 11 is 0. The van der Waals surface area contributed by atoms with Crippen LogP contribution in [0.2, 0.25) is 0 Å². The van der Waals surface area contributed by atoms with Crippen LogP contribution in [0.15, 0.2) is 54.6 Å². The third-order valence-electron chi connectivity index (χ3n) is 6.98. The number of benzene rings is 2. The zero-order valence-corrected chi connectivity index (χ0v) is 25.2. The molecule has 0 saturated heterocycles. The van der Waals surface area contributed by atoms with E-state index in [-0.39, 0.29) is 6.61 Å². The van der Waals surface area contributed by atoms with Crippen LogP contribution in [0.3, 0.4) is 0 Å². The Balaban J connectivity index is 1.82. The molecule has 1 aliphatic carbocycles. The first-order valence-electron chi connectivity index (χ1n) is 14.3. The van der Waals surface area contributed by atoms with E-state index in [4.69, 9.17) is 9.47 Å². The van der Waals surface area contributed by atoms with Gasteiger partial charge in [-0.2, -0.15) is 0 Å². The Morgan fingerprint density at radius 2 is 1.44 bits per heavy atom. The Morgan fingerprint density at radius 3 is 1.98 bits per heavy atom. The second kappa shape index (κ2) is 14.7. The topological polar surface area (TPSA) is 160 Å². The Morgan fingerprint density at radius 1 is 0.860 bits per heavy atom. The van der Waals surface area contributed by atoms with Gasteiger partial charge in [0, 0.05) is 0 Å². The van der Waals surface area contributed by atoms with E-state index in [1.165, 1.54) is 0 Å². The standard InChI is InChI=1S/C32H41N3O8/c1-19(2)26(30(39)40)34-29(38)27(23-15-21-13-9-10-14-22(21)16-23)35-28(37)24(17-25(36)43-32(3,4)5)33-31(41)42-18-20-11-7-6-8-12-20/h6-14,19,23-24,26-27H,15-18H2,1-5H3,(H,33,41)(H,34,38)(H,35,37)(H,39,40)/t24-,26-,27?/m0/s1. The molecule has 11 heteroatoms. The van der Waals surface area contributed by atoms with Gasteiger partial charge in [-0.3, -0.25) is 14.4 Å². The van der Waals surface area contributed by atoms with Crippen molar-refractivity contribution in [3.63, 3.8) is 0 Å². The lowest BCUT2D eigenvalue weighted by atomic mass is 9.94. The monoisotopic (exact) mass is 595 g/mol. The maximum absolute atomic E-state index is 13.7. The molecule has 3 atom stereocenters. The number of amides is 3. The normalized spacial score (nSPS) is 15.0. The lowest BCUT2D eigenvalue weighted by Crippen LogP contribution is -2.59. The van der Waals surface area contributed by atoms with Gasteiger partial charge in [0.2, 0.25) is 11.8 Å². The molecule has 232 valence electrons. The number of hydrogen-bond donors (Lipinski definition) is 4. The molecular weight excluding hydrogens is 554 g/mol. The Kier molecular flexibility index (Phi) is 11.3. The summed E-state index contributed by atoms with van der Waals surface area (Å²) in [4.78, 5) is 64.5. The van der Waals surface area contributed by atoms with E-state index < -0.39 is 71.8 Å². The summed E-state index contributed by atoms with van der Waals surface area (Å²) in [6.07, 6.45) is -0.520. The number of carbonyl (C=O) groups is 5. The number of esters is 1. The SMILES string of the molecule is CC(C)[C@H](NC(=O)C(NC(=O)[C@H](CC(=O)OC(C)(C)C)NC(=O)OCc1ccccc1)C1Cc2ccccc2C1)C(=O)O. The van der Waals surface area contributed by atoms with Crippen molar-refractivity contribution in [1.82, 2.24) is 16.0 Å². The van der Waals surface area contributed by atoms with Gasteiger partial charge in [-0.25, -0.2) is 9.59 Å². The van der Waals surface area contributed by atoms with E-state index in [2.05, 4.69) is 16.0 Å². The summed E-state index contributed by atoms with van der Waals surface area (Å²) in [5.74, 6) is -4.23. The fourth-order valence-corrected chi connectivity index (χ4v) is 4.90. The number of alkyl carbamates (subject to hydrolysis) is 1. The molecule has 3 amide bonds. The Labute approximate surface area is 251 Å². The second-order valence-corrected chi connectivity index (χ2v) is 12.0. The van der Waals surface area contributed by atoms with E-state index in [0.717, 1.165) is 16.7 Å². The molecular formula is C32H41N3O8. The molecule has 0 radical (unpaired) electrons. The van der Waals surface area contributed by atoms with Gasteiger partial charge >= 0.3 is 18.0 Å². The number of ether oxygens (including phenoxy) is 2. The van der Waals surface area contributed by atoms with Crippen LogP contribution in [0, 0.1) is 11.8 Å². The number of nitrogens with one attached hydrogen (secondary N) is 3. The average Bonchev–Trinajstić information content (AvgIpc) is 3.36. The first-order chi connectivity index (χ1) is 20.2. The highest BCUT2D eigenvalue weighted by Gasteiger charge is 2.38. The molecule has 4 N–H and O–H groups in total. The Hall–Kier alpha value is -4.41. The predicted octanol–water partition coefficient (Wildman–Crippen LogP) is 3.14. The molecule has 3 rings (SSSR count). The predicted molar refractivity (Wildman–Crippen MR) is 158 cm³/mol. The number of hydrogen-bond acceptors (Lipinski definition) is 7. The van der Waals surface area contributed by atoms with Crippen LogP contribution in [0.5, 0.6) is 0 Å². The van der Waals surface area contributed by atoms with Gasteiger partial charge in [0.25, 0.3) is 0 Å². The molecule has 11 nitrogen and oxygen atoms in total. The lowest BCUT2D eigenvalue weighted by Gasteiger charge is -2.29. The third kappa shape index (κ3) is 10.1. The zero-order chi connectivity index (χ0) is 31.7. The molecule has 0 spiro atoms. The molecule has 0 aromatic heterocycles. The fourth-order valence-electron chi connectivity index (χ4n) is 4.90. The third-order valence-corrected chi connectivity index (χ3v) is 6.98. The lowest BCUT2D eigenvalue weighted by molar-refractivity contribution is -0.156. The van der Waals surface area contributed by atoms with Crippen molar-refractivity contribution in [3.05, 3.63) is 71.3 Å². The van der Waals surface area contributed by atoms with Gasteiger partial charge in [0.15, 0.2) is 0 Å². The molecule has 1 aliphatic rings. The highest BCUT2D eigenvalue weighted by Crippen LogP contribution is 2.29. The van der Waals surface area contributed by atoms with Gasteiger partial charge < -0.3 is 30.5 Å². The van der Waals surface area contributed by atoms with Crippen LogP contribution in [0.25, 0.3) is 0 Å². The van der Waals surface area contributed by atoms with Gasteiger partial charge in [-0.1, -0.05) is 68.4 Å².